The van der Waals surface area contributed by atoms with Crippen LogP contribution in [-0.2, 0) is 20.5 Å². The smallest absolute Gasteiger partial charge is 0.423 e. The number of halogens is 4. The maximum absolute atomic E-state index is 13.2. The number of nitrogens with one attached hydrogen (secondary N) is 2. The molecular weight excluding hydrogens is 1020 g/mol. The van der Waals surface area contributed by atoms with Gasteiger partial charge in [-0.3, -0.25) is 29.8 Å². The average Bonchev–Trinajstić information content (AvgIpc) is 3.44. The molecule has 0 bridgehead atoms. The van der Waals surface area contributed by atoms with Crippen LogP contribution in [0.2, 0.25) is 0 Å². The van der Waals surface area contributed by atoms with Crippen molar-refractivity contribution < 1.29 is 46.5 Å². The molecule has 0 spiro atoms. The first kappa shape index (κ1) is 61.2. The van der Waals surface area contributed by atoms with Gasteiger partial charge in [-0.15, -0.1) is 0 Å². The van der Waals surface area contributed by atoms with Crippen LogP contribution >= 0.6 is 0 Å². The van der Waals surface area contributed by atoms with Crippen molar-refractivity contribution in [2.24, 2.45) is 11.8 Å². The van der Waals surface area contributed by atoms with Gasteiger partial charge >= 0.3 is 12.3 Å². The molecule has 4 aliphatic rings. The number of hydrogen-bond donors (Lipinski definition) is 2. The molecule has 430 valence electrons. The molecule has 79 heavy (non-hydrogen) atoms. The third kappa shape index (κ3) is 19.4. The second-order valence-corrected chi connectivity index (χ2v) is 22.4. The highest BCUT2D eigenvalue weighted by Gasteiger charge is 2.39. The Bertz CT molecular complexity index is 2650. The number of alkyl carbamates (subject to hydrolysis) is 1. The van der Waals surface area contributed by atoms with Crippen molar-refractivity contribution >= 4 is 46.3 Å². The number of nitro benzene ring substituents is 2. The highest BCUT2D eigenvalue weighted by atomic mass is 19.4. The highest BCUT2D eigenvalue weighted by molar-refractivity contribution is 5.77. The lowest BCUT2D eigenvalue weighted by molar-refractivity contribution is -0.388. The zero-order chi connectivity index (χ0) is 57.4. The van der Waals surface area contributed by atoms with E-state index in [-0.39, 0.29) is 41.4 Å². The van der Waals surface area contributed by atoms with Crippen LogP contribution in [0.1, 0.15) is 120 Å². The molecular formula is C59H78F4N8O8. The van der Waals surface area contributed by atoms with E-state index in [1.54, 1.807) is 0 Å². The average molecular weight is 1100 g/mol. The van der Waals surface area contributed by atoms with Crippen molar-refractivity contribution in [3.05, 3.63) is 133 Å². The van der Waals surface area contributed by atoms with Gasteiger partial charge < -0.3 is 35.0 Å². The molecule has 8 rings (SSSR count). The molecule has 0 unspecified atom stereocenters. The van der Waals surface area contributed by atoms with E-state index in [0.717, 1.165) is 147 Å². The Balaban J connectivity index is 0.000000216. The molecule has 0 atom stereocenters. The molecule has 2 N–H and O–H groups in total. The number of nitrogens with zero attached hydrogens (tertiary/aromatic N) is 6. The lowest BCUT2D eigenvalue weighted by atomic mass is 9.83. The third-order valence-electron chi connectivity index (χ3n) is 15.2. The lowest BCUT2D eigenvalue weighted by Crippen LogP contribution is -2.48. The van der Waals surface area contributed by atoms with Crippen molar-refractivity contribution in [1.29, 1.82) is 0 Å². The van der Waals surface area contributed by atoms with E-state index in [9.17, 15) is 52.2 Å². The number of aryl methyl sites for hydroxylation is 3. The summed E-state index contributed by atoms with van der Waals surface area (Å²) in [6.07, 6.45) is 5.23. The Kier molecular flexibility index (Phi) is 21.9. The minimum atomic E-state index is -4.79. The van der Waals surface area contributed by atoms with Crippen molar-refractivity contribution in [2.75, 3.05) is 67.5 Å². The first-order chi connectivity index (χ1) is 37.4. The number of anilines is 3. The minimum Gasteiger partial charge on any atom is -0.444 e. The predicted molar refractivity (Wildman–Crippen MR) is 299 cm³/mol. The van der Waals surface area contributed by atoms with E-state index >= 15 is 0 Å². The normalized spacial score (nSPS) is 19.7. The molecule has 2 aliphatic carbocycles. The van der Waals surface area contributed by atoms with Crippen LogP contribution < -0.4 is 20.4 Å². The quantitative estimate of drug-likeness (QED) is 0.0738. The standard InChI is InChI=1S/C27H33F3N4O3.C25H39N3O3.C7H6FNO2/c1-19-2-10-23(11-3-19)32-14-16-33(17-15-32)26(35)13-6-20-4-7-21(8-5-20)31-22-9-12-25(34(36)37)24(18-22)27(28,29)30;1-19-5-12-22(13-6-19)27-15-17-28(18-16-27)23(29)14-9-20-7-10-21(11-8-20)26-24(30)31-25(2,3)4;1-5-4-6(8)2-3-7(5)9(10)11/h2-3,9-12,18,20-21,31H,4-8,13-17H2,1H3;5-6,12-13,20-21H,7-11,14-18H2,1-4H3,(H,26,30);2-4H,1H3. The third-order valence-corrected chi connectivity index (χ3v) is 15.2. The molecule has 2 saturated carbocycles. The van der Waals surface area contributed by atoms with Gasteiger partial charge in [0.1, 0.15) is 17.0 Å². The topological polar surface area (TPSA) is 184 Å². The van der Waals surface area contributed by atoms with Gasteiger partial charge in [0.15, 0.2) is 0 Å². The van der Waals surface area contributed by atoms with E-state index in [1.165, 1.54) is 35.5 Å². The van der Waals surface area contributed by atoms with Gasteiger partial charge in [-0.25, -0.2) is 9.18 Å². The number of carbonyl (C=O) groups excluding carboxylic acids is 3. The molecule has 4 aromatic carbocycles. The number of amides is 3. The fourth-order valence-corrected chi connectivity index (χ4v) is 10.6. The van der Waals surface area contributed by atoms with E-state index in [4.69, 9.17) is 4.74 Å². The summed E-state index contributed by atoms with van der Waals surface area (Å²) in [5, 5.41) is 27.3. The van der Waals surface area contributed by atoms with Gasteiger partial charge in [0, 0.05) is 112 Å². The SMILES string of the molecule is Cc1cc(F)ccc1[N+](=O)[O-].Cc1ccc(N2CCN(C(=O)CCC3CCC(NC(=O)OC(C)(C)C)CC3)CC2)cc1.Cc1ccc(N2CCN(C(=O)CCC3CCC(Nc4ccc([N+](=O)[O-])c(C(F)(F)F)c4)CC3)CC2)cc1. The highest BCUT2D eigenvalue weighted by Crippen LogP contribution is 2.39. The summed E-state index contributed by atoms with van der Waals surface area (Å²) in [6, 6.07) is 23.7. The summed E-state index contributed by atoms with van der Waals surface area (Å²) in [5.41, 5.74) is 2.81. The summed E-state index contributed by atoms with van der Waals surface area (Å²) in [6.45, 7) is 17.8. The van der Waals surface area contributed by atoms with Crippen molar-refractivity contribution in [1.82, 2.24) is 15.1 Å². The molecule has 4 aromatic rings. The largest absolute Gasteiger partial charge is 0.444 e. The van der Waals surface area contributed by atoms with Crippen LogP contribution in [0.25, 0.3) is 0 Å². The van der Waals surface area contributed by atoms with E-state index < -0.39 is 38.7 Å². The maximum Gasteiger partial charge on any atom is 0.423 e. The van der Waals surface area contributed by atoms with Gasteiger partial charge in [-0.05, 0) is 166 Å². The molecule has 0 radical (unpaired) electrons. The summed E-state index contributed by atoms with van der Waals surface area (Å²) in [7, 11) is 0. The van der Waals surface area contributed by atoms with Crippen LogP contribution in [-0.4, -0.2) is 108 Å². The van der Waals surface area contributed by atoms with Gasteiger partial charge in [0.25, 0.3) is 11.4 Å². The van der Waals surface area contributed by atoms with E-state index in [1.807, 2.05) is 30.6 Å². The van der Waals surface area contributed by atoms with Crippen molar-refractivity contribution in [3.63, 3.8) is 0 Å². The number of ether oxygens (including phenoxy) is 1. The summed E-state index contributed by atoms with van der Waals surface area (Å²) in [5.74, 6) is 1.02. The van der Waals surface area contributed by atoms with Crippen LogP contribution in [0, 0.1) is 58.7 Å². The zero-order valence-corrected chi connectivity index (χ0v) is 46.5. The van der Waals surface area contributed by atoms with Crippen LogP contribution in [0.5, 0.6) is 0 Å². The number of benzene rings is 4. The number of carbonyl (C=O) groups is 3. The summed E-state index contributed by atoms with van der Waals surface area (Å²) < 4.78 is 57.5. The molecule has 2 heterocycles. The Hall–Kier alpha value is -6.99. The fraction of sp³-hybridized carbons (Fsp3) is 0.542. The van der Waals surface area contributed by atoms with E-state index in [2.05, 4.69) is 82.8 Å². The molecule has 16 nitrogen and oxygen atoms in total. The van der Waals surface area contributed by atoms with Crippen molar-refractivity contribution in [2.45, 2.75) is 142 Å². The molecule has 0 aromatic heterocycles. The number of nitro groups is 2. The first-order valence-corrected chi connectivity index (χ1v) is 27.6. The molecule has 3 amide bonds. The second-order valence-electron chi connectivity index (χ2n) is 22.4. The number of piperazine rings is 2. The van der Waals surface area contributed by atoms with Crippen LogP contribution in [0.3, 0.4) is 0 Å². The lowest BCUT2D eigenvalue weighted by Gasteiger charge is -2.36. The Morgan fingerprint density at radius 3 is 1.43 bits per heavy atom. The summed E-state index contributed by atoms with van der Waals surface area (Å²) >= 11 is 0. The Morgan fingerprint density at radius 2 is 1.03 bits per heavy atom. The Labute approximate surface area is 461 Å². The molecule has 2 aliphatic heterocycles. The Morgan fingerprint density at radius 1 is 0.595 bits per heavy atom. The van der Waals surface area contributed by atoms with Crippen molar-refractivity contribution in [3.8, 4) is 0 Å². The first-order valence-electron chi connectivity index (χ1n) is 27.6. The van der Waals surface area contributed by atoms with Gasteiger partial charge in [-0.1, -0.05) is 35.4 Å². The zero-order valence-electron chi connectivity index (χ0n) is 46.5. The number of rotatable bonds is 13. The maximum atomic E-state index is 13.2. The molecule has 20 heteroatoms. The van der Waals surface area contributed by atoms with Gasteiger partial charge in [-0.2, -0.15) is 13.2 Å². The predicted octanol–water partition coefficient (Wildman–Crippen LogP) is 12.6. The molecule has 2 saturated heterocycles. The molecule has 4 fully saturated rings. The second kappa shape index (κ2) is 28.2. The van der Waals surface area contributed by atoms with Gasteiger partial charge in [0.05, 0.1) is 9.85 Å². The van der Waals surface area contributed by atoms with E-state index in [0.29, 0.717) is 30.2 Å². The summed E-state index contributed by atoms with van der Waals surface area (Å²) in [4.78, 5) is 65.7. The monoisotopic (exact) mass is 1100 g/mol. The number of hydrogen-bond acceptors (Lipinski definition) is 11. The minimum absolute atomic E-state index is 0.00402. The van der Waals surface area contributed by atoms with Crippen LogP contribution in [0.15, 0.2) is 84.9 Å². The van der Waals surface area contributed by atoms with Gasteiger partial charge in [0.2, 0.25) is 11.8 Å². The number of alkyl halides is 3. The fourth-order valence-electron chi connectivity index (χ4n) is 10.6. The van der Waals surface area contributed by atoms with Crippen LogP contribution in [0.4, 0.5) is 50.8 Å².